The van der Waals surface area contributed by atoms with Crippen LogP contribution in [0.3, 0.4) is 0 Å². The molecule has 21 heavy (non-hydrogen) atoms. The first-order chi connectivity index (χ1) is 10.2. The van der Waals surface area contributed by atoms with E-state index < -0.39 is 0 Å². The second-order valence-electron chi connectivity index (χ2n) is 4.89. The highest BCUT2D eigenvalue weighted by Crippen LogP contribution is 2.17. The molecule has 0 saturated heterocycles. The molecule has 0 atom stereocenters. The molecule has 2 N–H and O–H groups in total. The van der Waals surface area contributed by atoms with E-state index in [9.17, 15) is 9.59 Å². The molecule has 0 fully saturated rings. The van der Waals surface area contributed by atoms with Crippen LogP contribution < -0.4 is 5.32 Å². The zero-order valence-electron chi connectivity index (χ0n) is 12.1. The third kappa shape index (κ3) is 4.08. The van der Waals surface area contributed by atoms with Crippen LogP contribution in [-0.4, -0.2) is 30.5 Å². The molecule has 0 aliphatic carbocycles. The third-order valence-electron chi connectivity index (χ3n) is 3.41. The number of hydrogen-bond donors (Lipinski definition) is 2. The fourth-order valence-corrected chi connectivity index (χ4v) is 2.25. The van der Waals surface area contributed by atoms with Crippen LogP contribution in [0.5, 0.6) is 0 Å². The van der Waals surface area contributed by atoms with Gasteiger partial charge >= 0.3 is 5.97 Å². The molecule has 5 nitrogen and oxygen atoms in total. The molecule has 112 valence electrons. The van der Waals surface area contributed by atoms with Crippen molar-refractivity contribution in [2.75, 3.05) is 13.7 Å². The number of esters is 1. The van der Waals surface area contributed by atoms with Crippen molar-refractivity contribution in [2.45, 2.75) is 25.7 Å². The molecule has 2 rings (SSSR count). The predicted octanol–water partition coefficient (Wildman–Crippen LogP) is 2.63. The topological polar surface area (TPSA) is 71.2 Å². The maximum absolute atomic E-state index is 12.1. The molecule has 0 aliphatic heterocycles. The van der Waals surface area contributed by atoms with Gasteiger partial charge in [-0.15, -0.1) is 0 Å². The van der Waals surface area contributed by atoms with Gasteiger partial charge in [-0.05, 0) is 31.0 Å². The number of nitrogens with one attached hydrogen (secondary N) is 2. The summed E-state index contributed by atoms with van der Waals surface area (Å²) in [5, 5.41) is 3.85. The van der Waals surface area contributed by atoms with Crippen LogP contribution in [0, 0.1) is 0 Å². The van der Waals surface area contributed by atoms with Gasteiger partial charge in [0, 0.05) is 35.6 Å². The highest BCUT2D eigenvalue weighted by Gasteiger charge is 2.09. The Hall–Kier alpha value is -2.30. The van der Waals surface area contributed by atoms with E-state index in [1.165, 1.54) is 7.11 Å². The van der Waals surface area contributed by atoms with Crippen molar-refractivity contribution in [1.29, 1.82) is 0 Å². The average molecular weight is 288 g/mol. The number of ether oxygens (including phenoxy) is 1. The van der Waals surface area contributed by atoms with E-state index in [0.29, 0.717) is 18.5 Å². The minimum atomic E-state index is -0.182. The lowest BCUT2D eigenvalue weighted by molar-refractivity contribution is -0.140. The van der Waals surface area contributed by atoms with Crippen LogP contribution in [0.1, 0.15) is 36.0 Å². The second-order valence-corrected chi connectivity index (χ2v) is 4.89. The molecule has 0 spiro atoms. The maximum atomic E-state index is 12.1. The first kappa shape index (κ1) is 15.1. The highest BCUT2D eigenvalue weighted by molar-refractivity contribution is 6.06. The van der Waals surface area contributed by atoms with Gasteiger partial charge in [0.1, 0.15) is 0 Å². The number of aromatic nitrogens is 1. The van der Waals surface area contributed by atoms with Gasteiger partial charge < -0.3 is 15.0 Å². The van der Waals surface area contributed by atoms with Gasteiger partial charge in [-0.1, -0.05) is 12.5 Å². The molecule has 0 unspecified atom stereocenters. The van der Waals surface area contributed by atoms with Gasteiger partial charge in [0.25, 0.3) is 5.91 Å². The van der Waals surface area contributed by atoms with Crippen molar-refractivity contribution < 1.29 is 14.3 Å². The maximum Gasteiger partial charge on any atom is 0.305 e. The quantitative estimate of drug-likeness (QED) is 0.607. The van der Waals surface area contributed by atoms with Crippen LogP contribution in [-0.2, 0) is 9.53 Å². The lowest BCUT2D eigenvalue weighted by Crippen LogP contribution is -2.24. The van der Waals surface area contributed by atoms with Crippen LogP contribution in [0.2, 0.25) is 0 Å². The number of amides is 1. The molecule has 1 heterocycles. The SMILES string of the molecule is COC(=O)CCCCCNC(=O)c1cccc2[nH]ccc12. The van der Waals surface area contributed by atoms with Crippen LogP contribution in [0.15, 0.2) is 30.5 Å². The molecule has 1 aromatic heterocycles. The molecular weight excluding hydrogens is 268 g/mol. The number of rotatable bonds is 7. The summed E-state index contributed by atoms with van der Waals surface area (Å²) in [5.41, 5.74) is 1.64. The van der Waals surface area contributed by atoms with E-state index in [4.69, 9.17) is 0 Å². The molecule has 1 aromatic carbocycles. The van der Waals surface area contributed by atoms with Gasteiger partial charge in [0.15, 0.2) is 0 Å². The summed E-state index contributed by atoms with van der Waals surface area (Å²) >= 11 is 0. The number of aromatic amines is 1. The minimum absolute atomic E-state index is 0.0619. The Labute approximate surface area is 123 Å². The number of H-pyrrole nitrogens is 1. The lowest BCUT2D eigenvalue weighted by atomic mass is 10.1. The Bertz CT molecular complexity index is 619. The van der Waals surface area contributed by atoms with Crippen LogP contribution in [0.4, 0.5) is 0 Å². The lowest BCUT2D eigenvalue weighted by Gasteiger charge is -2.06. The summed E-state index contributed by atoms with van der Waals surface area (Å²) in [4.78, 5) is 26.2. The van der Waals surface area contributed by atoms with Crippen molar-refractivity contribution in [3.05, 3.63) is 36.0 Å². The van der Waals surface area contributed by atoms with E-state index in [1.807, 2.05) is 30.5 Å². The first-order valence-electron chi connectivity index (χ1n) is 7.13. The molecular formula is C16H20N2O3. The molecule has 0 radical (unpaired) electrons. The monoisotopic (exact) mass is 288 g/mol. The minimum Gasteiger partial charge on any atom is -0.469 e. The van der Waals surface area contributed by atoms with Gasteiger partial charge in [0.2, 0.25) is 0 Å². The molecule has 5 heteroatoms. The normalized spacial score (nSPS) is 10.5. The summed E-state index contributed by atoms with van der Waals surface area (Å²) < 4.78 is 4.57. The molecule has 0 saturated carbocycles. The number of hydrogen-bond acceptors (Lipinski definition) is 3. The predicted molar refractivity (Wildman–Crippen MR) is 81.1 cm³/mol. The number of benzene rings is 1. The Morgan fingerprint density at radius 2 is 2.05 bits per heavy atom. The van der Waals surface area contributed by atoms with Crippen molar-refractivity contribution in [3.63, 3.8) is 0 Å². The Morgan fingerprint density at radius 3 is 2.86 bits per heavy atom. The fraction of sp³-hybridized carbons (Fsp3) is 0.375. The number of unbranched alkanes of at least 4 members (excludes halogenated alkanes) is 2. The second kappa shape index (κ2) is 7.47. The van der Waals surface area contributed by atoms with Gasteiger partial charge in [-0.25, -0.2) is 0 Å². The zero-order valence-corrected chi connectivity index (χ0v) is 12.1. The summed E-state index contributed by atoms with van der Waals surface area (Å²) in [5.74, 6) is -0.244. The van der Waals surface area contributed by atoms with E-state index in [1.54, 1.807) is 0 Å². The molecule has 2 aromatic rings. The van der Waals surface area contributed by atoms with Crippen molar-refractivity contribution >= 4 is 22.8 Å². The molecule has 0 aliphatic rings. The summed E-state index contributed by atoms with van der Waals surface area (Å²) in [6, 6.07) is 7.53. The summed E-state index contributed by atoms with van der Waals surface area (Å²) in [6.45, 7) is 0.612. The number of methoxy groups -OCH3 is 1. The first-order valence-corrected chi connectivity index (χ1v) is 7.13. The van der Waals surface area contributed by atoms with E-state index in [2.05, 4.69) is 15.0 Å². The average Bonchev–Trinajstić information content (AvgIpc) is 2.98. The Balaban J connectivity index is 1.75. The number of carbonyl (C=O) groups excluding carboxylic acids is 2. The van der Waals surface area contributed by atoms with Crippen LogP contribution >= 0.6 is 0 Å². The van der Waals surface area contributed by atoms with Crippen molar-refractivity contribution in [1.82, 2.24) is 10.3 Å². The van der Waals surface area contributed by atoms with Gasteiger partial charge in [0.05, 0.1) is 7.11 Å². The van der Waals surface area contributed by atoms with Gasteiger partial charge in [-0.2, -0.15) is 0 Å². The summed E-state index contributed by atoms with van der Waals surface area (Å²) in [7, 11) is 1.39. The Kier molecular flexibility index (Phi) is 5.37. The Morgan fingerprint density at radius 1 is 1.19 bits per heavy atom. The number of carbonyl (C=O) groups is 2. The molecule has 1 amide bonds. The summed E-state index contributed by atoms with van der Waals surface area (Å²) in [6.07, 6.45) is 4.80. The largest absolute Gasteiger partial charge is 0.469 e. The van der Waals surface area contributed by atoms with E-state index >= 15 is 0 Å². The highest BCUT2D eigenvalue weighted by atomic mass is 16.5. The number of fused-ring (bicyclic) bond motifs is 1. The standard InChI is InChI=1S/C16H20N2O3/c1-21-15(19)8-3-2-4-10-18-16(20)13-6-5-7-14-12(13)9-11-17-14/h5-7,9,11,17H,2-4,8,10H2,1H3,(H,18,20). The third-order valence-corrected chi connectivity index (χ3v) is 3.41. The zero-order chi connectivity index (χ0) is 15.1. The van der Waals surface area contributed by atoms with Crippen LogP contribution in [0.25, 0.3) is 10.9 Å². The fourth-order valence-electron chi connectivity index (χ4n) is 2.25. The van der Waals surface area contributed by atoms with E-state index in [0.717, 1.165) is 30.2 Å². The van der Waals surface area contributed by atoms with Gasteiger partial charge in [-0.3, -0.25) is 9.59 Å². The van der Waals surface area contributed by atoms with Crippen molar-refractivity contribution in [2.24, 2.45) is 0 Å². The van der Waals surface area contributed by atoms with E-state index in [-0.39, 0.29) is 11.9 Å². The van der Waals surface area contributed by atoms with Crippen molar-refractivity contribution in [3.8, 4) is 0 Å². The smallest absolute Gasteiger partial charge is 0.305 e. The molecule has 0 bridgehead atoms.